The van der Waals surface area contributed by atoms with Gasteiger partial charge < -0.3 is 25.2 Å². The fraction of sp³-hybridized carbons (Fsp3) is 0.273. The van der Waals surface area contributed by atoms with Crippen LogP contribution in [0.5, 0.6) is 11.5 Å². The third-order valence-electron chi connectivity index (χ3n) is 6.62. The summed E-state index contributed by atoms with van der Waals surface area (Å²) in [6.45, 7) is 1.66. The first-order valence-electron chi connectivity index (χ1n) is 10.1. The number of hydrogen-bond acceptors (Lipinski definition) is 7. The van der Waals surface area contributed by atoms with Crippen molar-refractivity contribution in [2.24, 2.45) is 17.1 Å². The van der Waals surface area contributed by atoms with E-state index in [4.69, 9.17) is 20.3 Å². The Bertz CT molecular complexity index is 1440. The standard InChI is InChI=1S/C22H18FN3O5S/c23-14-5-13-15-18(16(14)25-6-11-3-1-2-4-22(11,9-24)10-25)30-7-12-8-32-20(26(12)15)19(17(13)27)31-21(28)29/h1-5,8,11H,6-7,9-10,24H2,(H,28,29). The van der Waals surface area contributed by atoms with Gasteiger partial charge in [0.25, 0.3) is 0 Å². The van der Waals surface area contributed by atoms with Gasteiger partial charge in [-0.1, -0.05) is 24.3 Å². The maximum Gasteiger partial charge on any atom is 0.511 e. The second-order valence-electron chi connectivity index (χ2n) is 8.28. The van der Waals surface area contributed by atoms with Gasteiger partial charge in [-0.3, -0.25) is 9.20 Å². The molecule has 2 aliphatic heterocycles. The van der Waals surface area contributed by atoms with E-state index >= 15 is 4.39 Å². The molecule has 6 rings (SSSR count). The summed E-state index contributed by atoms with van der Waals surface area (Å²) in [6, 6.07) is 1.15. The number of ether oxygens (including phenoxy) is 2. The average molecular weight is 455 g/mol. The number of nitrogens with zero attached hydrogens (tertiary/aromatic N) is 2. The van der Waals surface area contributed by atoms with Crippen LogP contribution < -0.4 is 25.5 Å². The van der Waals surface area contributed by atoms with Crippen molar-refractivity contribution in [3.63, 3.8) is 0 Å². The molecule has 0 saturated carbocycles. The highest BCUT2D eigenvalue weighted by molar-refractivity contribution is 7.16. The second-order valence-corrected chi connectivity index (χ2v) is 9.14. The second kappa shape index (κ2) is 6.57. The van der Waals surface area contributed by atoms with E-state index in [0.29, 0.717) is 35.7 Å². The Kier molecular flexibility index (Phi) is 3.96. The van der Waals surface area contributed by atoms with Gasteiger partial charge in [0.2, 0.25) is 11.2 Å². The monoisotopic (exact) mass is 455 g/mol. The highest BCUT2D eigenvalue weighted by Crippen LogP contribution is 2.48. The third kappa shape index (κ3) is 2.44. The number of hydrogen-bond donors (Lipinski definition) is 2. The minimum absolute atomic E-state index is 0.0132. The van der Waals surface area contributed by atoms with Crippen LogP contribution in [0.3, 0.4) is 0 Å². The van der Waals surface area contributed by atoms with Gasteiger partial charge in [0.1, 0.15) is 22.6 Å². The smallest absolute Gasteiger partial charge is 0.483 e. The van der Waals surface area contributed by atoms with E-state index in [1.165, 1.54) is 11.3 Å². The van der Waals surface area contributed by atoms with Crippen molar-refractivity contribution in [2.75, 3.05) is 24.5 Å². The van der Waals surface area contributed by atoms with Gasteiger partial charge in [-0.25, -0.2) is 9.18 Å². The Morgan fingerprint density at radius 1 is 1.44 bits per heavy atom. The number of pyridine rings is 1. The van der Waals surface area contributed by atoms with E-state index in [2.05, 4.69) is 12.2 Å². The Balaban J connectivity index is 1.62. The predicted molar refractivity (Wildman–Crippen MR) is 117 cm³/mol. The van der Waals surface area contributed by atoms with Crippen molar-refractivity contribution in [3.05, 3.63) is 57.5 Å². The van der Waals surface area contributed by atoms with Crippen LogP contribution in [0.4, 0.5) is 14.9 Å². The molecule has 0 radical (unpaired) electrons. The molecule has 1 fully saturated rings. The number of allylic oxidation sites excluding steroid dienone is 2. The molecule has 1 aromatic carbocycles. The molecule has 8 nitrogen and oxygen atoms in total. The minimum Gasteiger partial charge on any atom is -0.483 e. The zero-order valence-corrected chi connectivity index (χ0v) is 17.5. The van der Waals surface area contributed by atoms with E-state index in [0.717, 1.165) is 11.8 Å². The minimum atomic E-state index is -1.60. The summed E-state index contributed by atoms with van der Waals surface area (Å²) in [5, 5.41) is 10.9. The fourth-order valence-electron chi connectivity index (χ4n) is 5.12. The van der Waals surface area contributed by atoms with Crippen LogP contribution in [0.2, 0.25) is 0 Å². The number of rotatable bonds is 3. The van der Waals surface area contributed by atoms with Crippen molar-refractivity contribution in [3.8, 4) is 11.5 Å². The van der Waals surface area contributed by atoms with Gasteiger partial charge in [0, 0.05) is 36.3 Å². The summed E-state index contributed by atoms with van der Waals surface area (Å²) in [6.07, 6.45) is 6.52. The fourth-order valence-corrected chi connectivity index (χ4v) is 6.10. The van der Waals surface area contributed by atoms with Crippen molar-refractivity contribution in [2.45, 2.75) is 6.61 Å². The van der Waals surface area contributed by atoms with Crippen LogP contribution in [0.25, 0.3) is 15.7 Å². The molecule has 2 atom stereocenters. The average Bonchev–Trinajstić information content (AvgIpc) is 3.37. The van der Waals surface area contributed by atoms with Crippen LogP contribution in [0, 0.1) is 17.2 Å². The number of carboxylic acid groups (broad SMARTS) is 1. The topological polar surface area (TPSA) is 106 Å². The normalized spacial score (nSPS) is 23.2. The highest BCUT2D eigenvalue weighted by Gasteiger charge is 2.45. The Labute approximate surface area is 184 Å². The largest absolute Gasteiger partial charge is 0.511 e. The molecule has 0 bridgehead atoms. The number of carbonyl (C=O) groups is 1. The molecule has 3 aliphatic rings. The lowest BCUT2D eigenvalue weighted by Gasteiger charge is -2.30. The molecule has 4 heterocycles. The maximum atomic E-state index is 15.6. The molecular weight excluding hydrogens is 437 g/mol. The van der Waals surface area contributed by atoms with Crippen LogP contribution >= 0.6 is 11.3 Å². The summed E-state index contributed by atoms with van der Waals surface area (Å²) >= 11 is 1.18. The molecule has 2 aromatic heterocycles. The number of thiazole rings is 1. The first-order valence-corrected chi connectivity index (χ1v) is 11.0. The zero-order valence-electron chi connectivity index (χ0n) is 16.7. The van der Waals surface area contributed by atoms with Gasteiger partial charge in [-0.2, -0.15) is 0 Å². The van der Waals surface area contributed by atoms with Crippen molar-refractivity contribution in [1.29, 1.82) is 0 Å². The lowest BCUT2D eigenvalue weighted by atomic mass is 9.75. The Morgan fingerprint density at radius 2 is 2.28 bits per heavy atom. The molecule has 10 heteroatoms. The summed E-state index contributed by atoms with van der Waals surface area (Å²) in [7, 11) is 0. The Morgan fingerprint density at radius 3 is 3.03 bits per heavy atom. The van der Waals surface area contributed by atoms with Gasteiger partial charge >= 0.3 is 6.16 Å². The molecule has 2 unspecified atom stereocenters. The molecule has 0 spiro atoms. The predicted octanol–water partition coefficient (Wildman–Crippen LogP) is 3.11. The molecule has 164 valence electrons. The van der Waals surface area contributed by atoms with Crippen LogP contribution in [-0.2, 0) is 6.61 Å². The molecule has 3 aromatic rings. The molecule has 1 saturated heterocycles. The molecule has 0 amide bonds. The number of nitrogens with two attached hydrogens (primary N) is 1. The Hall–Kier alpha value is -3.37. The number of halogens is 1. The quantitative estimate of drug-likeness (QED) is 0.585. The van der Waals surface area contributed by atoms with Crippen molar-refractivity contribution >= 4 is 38.9 Å². The molecule has 3 N–H and O–H groups in total. The van der Waals surface area contributed by atoms with Gasteiger partial charge in [0.05, 0.1) is 11.1 Å². The molecular formula is C22H18FN3O5S. The van der Waals surface area contributed by atoms with Crippen LogP contribution in [-0.4, -0.2) is 35.3 Å². The lowest BCUT2D eigenvalue weighted by molar-refractivity contribution is 0.144. The number of benzene rings is 1. The van der Waals surface area contributed by atoms with E-state index in [1.807, 2.05) is 17.1 Å². The number of aromatic nitrogens is 1. The first-order chi connectivity index (χ1) is 15.4. The number of anilines is 1. The van der Waals surface area contributed by atoms with E-state index in [-0.39, 0.29) is 34.8 Å². The molecule has 1 aliphatic carbocycles. The highest BCUT2D eigenvalue weighted by atomic mass is 32.1. The lowest BCUT2D eigenvalue weighted by Crippen LogP contribution is -2.37. The van der Waals surface area contributed by atoms with Gasteiger partial charge in [0.15, 0.2) is 11.6 Å². The van der Waals surface area contributed by atoms with E-state index in [1.54, 1.807) is 9.78 Å². The van der Waals surface area contributed by atoms with E-state index < -0.39 is 17.4 Å². The summed E-state index contributed by atoms with van der Waals surface area (Å²) < 4.78 is 28.1. The number of fused-ring (bicyclic) bond motifs is 1. The van der Waals surface area contributed by atoms with Crippen molar-refractivity contribution < 1.29 is 23.8 Å². The van der Waals surface area contributed by atoms with Crippen molar-refractivity contribution in [1.82, 2.24) is 4.40 Å². The van der Waals surface area contributed by atoms with Crippen LogP contribution in [0.1, 0.15) is 5.69 Å². The summed E-state index contributed by atoms with van der Waals surface area (Å²) in [4.78, 5) is 26.5. The molecule has 32 heavy (non-hydrogen) atoms. The zero-order chi connectivity index (χ0) is 22.2. The van der Waals surface area contributed by atoms with Crippen LogP contribution in [0.15, 0.2) is 40.5 Å². The summed E-state index contributed by atoms with van der Waals surface area (Å²) in [5.41, 5.74) is 6.58. The van der Waals surface area contributed by atoms with Gasteiger partial charge in [-0.05, 0) is 6.07 Å². The maximum absolute atomic E-state index is 15.6. The summed E-state index contributed by atoms with van der Waals surface area (Å²) in [5.74, 6) is -0.526. The first kappa shape index (κ1) is 19.3. The van der Waals surface area contributed by atoms with E-state index in [9.17, 15) is 9.59 Å². The SMILES string of the molecule is NCC12C=CC=CC1CN(c1c(F)cc3c(=O)c(OC(=O)O)c4scc5n4c3c1OC5)C2. The van der Waals surface area contributed by atoms with Gasteiger partial charge in [-0.15, -0.1) is 11.3 Å². The third-order valence-corrected chi connectivity index (χ3v) is 7.60.